The molecule has 0 bridgehead atoms. The summed E-state index contributed by atoms with van der Waals surface area (Å²) in [6, 6.07) is 10.4. The summed E-state index contributed by atoms with van der Waals surface area (Å²) in [6.45, 7) is 11.4. The number of rotatable bonds is 6. The molecule has 2 atom stereocenters. The SMILES string of the molecule is Cc1ccc(C)c([C@H](C)NC(=O)[C@H](C)N(c2ccc(C)c(C)c2)S(C)(=O)=O)c1. The Kier molecular flexibility index (Phi) is 6.55. The molecular weight excluding hydrogens is 372 g/mol. The molecule has 6 heteroatoms. The van der Waals surface area contributed by atoms with Gasteiger partial charge < -0.3 is 5.32 Å². The van der Waals surface area contributed by atoms with Crippen molar-refractivity contribution in [1.29, 1.82) is 0 Å². The molecule has 0 aromatic heterocycles. The lowest BCUT2D eigenvalue weighted by molar-refractivity contribution is -0.122. The molecule has 0 aliphatic carbocycles. The van der Waals surface area contributed by atoms with E-state index >= 15 is 0 Å². The molecular formula is C22H30N2O3S. The summed E-state index contributed by atoms with van der Waals surface area (Å²) in [4.78, 5) is 12.9. The third kappa shape index (κ3) is 4.93. The van der Waals surface area contributed by atoms with Crippen LogP contribution in [-0.2, 0) is 14.8 Å². The van der Waals surface area contributed by atoms with E-state index in [1.165, 1.54) is 4.31 Å². The minimum absolute atomic E-state index is 0.226. The number of carbonyl (C=O) groups excluding carboxylic acids is 1. The number of hydrogen-bond donors (Lipinski definition) is 1. The summed E-state index contributed by atoms with van der Waals surface area (Å²) < 4.78 is 26.1. The Morgan fingerprint density at radius 3 is 2.11 bits per heavy atom. The van der Waals surface area contributed by atoms with Crippen molar-refractivity contribution in [1.82, 2.24) is 5.32 Å². The molecule has 0 aliphatic rings. The summed E-state index contributed by atoms with van der Waals surface area (Å²) >= 11 is 0. The summed E-state index contributed by atoms with van der Waals surface area (Å²) in [5.74, 6) is -0.336. The third-order valence-corrected chi connectivity index (χ3v) is 6.34. The Morgan fingerprint density at radius 2 is 1.54 bits per heavy atom. The highest BCUT2D eigenvalue weighted by atomic mass is 32.2. The lowest BCUT2D eigenvalue weighted by Gasteiger charge is -2.30. The zero-order valence-electron chi connectivity index (χ0n) is 17.7. The smallest absolute Gasteiger partial charge is 0.244 e. The number of sulfonamides is 1. The monoisotopic (exact) mass is 402 g/mol. The number of hydrogen-bond acceptors (Lipinski definition) is 3. The van der Waals surface area contributed by atoms with Crippen LogP contribution in [0.1, 0.15) is 47.7 Å². The van der Waals surface area contributed by atoms with Gasteiger partial charge in [0.1, 0.15) is 6.04 Å². The van der Waals surface area contributed by atoms with E-state index in [1.54, 1.807) is 19.1 Å². The van der Waals surface area contributed by atoms with Crippen LogP contribution in [0.15, 0.2) is 36.4 Å². The molecule has 0 aliphatic heterocycles. The second-order valence-corrected chi connectivity index (χ2v) is 9.45. The molecule has 1 amide bonds. The van der Waals surface area contributed by atoms with Crippen molar-refractivity contribution in [3.63, 3.8) is 0 Å². The highest BCUT2D eigenvalue weighted by Gasteiger charge is 2.30. The minimum Gasteiger partial charge on any atom is -0.348 e. The van der Waals surface area contributed by atoms with Gasteiger partial charge in [-0.05, 0) is 75.9 Å². The van der Waals surface area contributed by atoms with Gasteiger partial charge >= 0.3 is 0 Å². The normalized spacial score (nSPS) is 13.7. The molecule has 2 aromatic carbocycles. The molecule has 1 N–H and O–H groups in total. The maximum atomic E-state index is 12.9. The van der Waals surface area contributed by atoms with Gasteiger partial charge in [0.05, 0.1) is 18.0 Å². The topological polar surface area (TPSA) is 66.5 Å². The summed E-state index contributed by atoms with van der Waals surface area (Å²) in [5, 5.41) is 2.97. The molecule has 0 unspecified atom stereocenters. The number of anilines is 1. The second-order valence-electron chi connectivity index (χ2n) is 7.59. The Balaban J connectivity index is 2.31. The van der Waals surface area contributed by atoms with Crippen molar-refractivity contribution in [2.45, 2.75) is 53.6 Å². The number of nitrogens with one attached hydrogen (secondary N) is 1. The average Bonchev–Trinajstić information content (AvgIpc) is 2.58. The molecule has 0 spiro atoms. The van der Waals surface area contributed by atoms with Crippen LogP contribution < -0.4 is 9.62 Å². The largest absolute Gasteiger partial charge is 0.348 e. The van der Waals surface area contributed by atoms with Crippen LogP contribution in [-0.4, -0.2) is 26.6 Å². The van der Waals surface area contributed by atoms with E-state index in [1.807, 2.05) is 58.9 Å². The lowest BCUT2D eigenvalue weighted by Crippen LogP contribution is -2.48. The van der Waals surface area contributed by atoms with Crippen LogP contribution in [0.4, 0.5) is 5.69 Å². The van der Waals surface area contributed by atoms with E-state index in [4.69, 9.17) is 0 Å². The number of aryl methyl sites for hydroxylation is 4. The van der Waals surface area contributed by atoms with Crippen molar-refractivity contribution in [2.24, 2.45) is 0 Å². The summed E-state index contributed by atoms with van der Waals surface area (Å²) in [5.41, 5.74) is 5.76. The maximum Gasteiger partial charge on any atom is 0.244 e. The van der Waals surface area contributed by atoms with Crippen molar-refractivity contribution in [3.8, 4) is 0 Å². The molecule has 28 heavy (non-hydrogen) atoms. The number of carbonyl (C=O) groups is 1. The molecule has 152 valence electrons. The first-order chi connectivity index (χ1) is 12.9. The van der Waals surface area contributed by atoms with Crippen molar-refractivity contribution in [3.05, 3.63) is 64.2 Å². The molecule has 5 nitrogen and oxygen atoms in total. The van der Waals surface area contributed by atoms with E-state index in [9.17, 15) is 13.2 Å². The standard InChI is InChI=1S/C22H30N2O3S/c1-14-8-9-16(3)21(12-14)18(5)23-22(25)19(6)24(28(7,26)27)20-11-10-15(2)17(4)13-20/h8-13,18-19H,1-7H3,(H,23,25)/t18-,19-/m0/s1. The maximum absolute atomic E-state index is 12.9. The molecule has 0 radical (unpaired) electrons. The van der Waals surface area contributed by atoms with Crippen LogP contribution in [0.3, 0.4) is 0 Å². The number of benzene rings is 2. The van der Waals surface area contributed by atoms with Gasteiger partial charge in [-0.3, -0.25) is 9.10 Å². The fourth-order valence-electron chi connectivity index (χ4n) is 3.31. The van der Waals surface area contributed by atoms with E-state index in [0.29, 0.717) is 5.69 Å². The number of nitrogens with zero attached hydrogens (tertiary/aromatic N) is 1. The van der Waals surface area contributed by atoms with Crippen LogP contribution in [0, 0.1) is 27.7 Å². The van der Waals surface area contributed by atoms with Gasteiger partial charge in [-0.25, -0.2) is 8.42 Å². The molecule has 0 saturated carbocycles. The summed E-state index contributed by atoms with van der Waals surface area (Å²) in [7, 11) is -3.63. The molecule has 2 rings (SSSR count). The fraction of sp³-hybridized carbons (Fsp3) is 0.409. The first kappa shape index (κ1) is 22.0. The second kappa shape index (κ2) is 8.35. The van der Waals surface area contributed by atoms with Gasteiger partial charge in [0, 0.05) is 0 Å². The lowest BCUT2D eigenvalue weighted by atomic mass is 10.00. The van der Waals surface area contributed by atoms with Gasteiger partial charge in [-0.15, -0.1) is 0 Å². The van der Waals surface area contributed by atoms with E-state index in [2.05, 4.69) is 5.32 Å². The van der Waals surface area contributed by atoms with Crippen molar-refractivity contribution >= 4 is 21.6 Å². The van der Waals surface area contributed by atoms with E-state index in [0.717, 1.165) is 34.1 Å². The van der Waals surface area contributed by atoms with Gasteiger partial charge in [-0.2, -0.15) is 0 Å². The highest BCUT2D eigenvalue weighted by Crippen LogP contribution is 2.25. The Labute approximate surface area is 168 Å². The van der Waals surface area contributed by atoms with E-state index < -0.39 is 16.1 Å². The Morgan fingerprint density at radius 1 is 0.929 bits per heavy atom. The highest BCUT2D eigenvalue weighted by molar-refractivity contribution is 7.92. The van der Waals surface area contributed by atoms with Crippen molar-refractivity contribution < 1.29 is 13.2 Å². The predicted octanol–water partition coefficient (Wildman–Crippen LogP) is 3.95. The van der Waals surface area contributed by atoms with Crippen LogP contribution in [0.2, 0.25) is 0 Å². The molecule has 0 saturated heterocycles. The van der Waals surface area contributed by atoms with Crippen LogP contribution in [0.25, 0.3) is 0 Å². The van der Waals surface area contributed by atoms with Gasteiger partial charge in [-0.1, -0.05) is 29.8 Å². The Hall–Kier alpha value is -2.34. The Bertz CT molecular complexity index is 983. The predicted molar refractivity (Wildman–Crippen MR) is 115 cm³/mol. The zero-order chi connectivity index (χ0) is 21.2. The molecule has 2 aromatic rings. The minimum atomic E-state index is -3.63. The number of amides is 1. The first-order valence-electron chi connectivity index (χ1n) is 9.36. The molecule has 0 heterocycles. The van der Waals surface area contributed by atoms with Crippen LogP contribution >= 0.6 is 0 Å². The first-order valence-corrected chi connectivity index (χ1v) is 11.2. The van der Waals surface area contributed by atoms with E-state index in [-0.39, 0.29) is 11.9 Å². The van der Waals surface area contributed by atoms with Crippen LogP contribution in [0.5, 0.6) is 0 Å². The van der Waals surface area contributed by atoms with Crippen molar-refractivity contribution in [2.75, 3.05) is 10.6 Å². The fourth-order valence-corrected chi connectivity index (χ4v) is 4.48. The molecule has 0 fully saturated rings. The van der Waals surface area contributed by atoms with Gasteiger partial charge in [0.15, 0.2) is 0 Å². The summed E-state index contributed by atoms with van der Waals surface area (Å²) in [6.07, 6.45) is 1.13. The zero-order valence-corrected chi connectivity index (χ0v) is 18.5. The third-order valence-electron chi connectivity index (χ3n) is 5.09. The van der Waals surface area contributed by atoms with Gasteiger partial charge in [0.25, 0.3) is 0 Å². The average molecular weight is 403 g/mol. The quantitative estimate of drug-likeness (QED) is 0.795. The van der Waals surface area contributed by atoms with Gasteiger partial charge in [0.2, 0.25) is 15.9 Å².